The van der Waals surface area contributed by atoms with Gasteiger partial charge >= 0.3 is 0 Å². The van der Waals surface area contributed by atoms with Gasteiger partial charge < -0.3 is 0 Å². The summed E-state index contributed by atoms with van der Waals surface area (Å²) in [6.45, 7) is 2.17. The molecule has 0 unspecified atom stereocenters. The number of benzene rings is 2. The number of rotatable bonds is 3. The first-order valence-corrected chi connectivity index (χ1v) is 8.24. The van der Waals surface area contributed by atoms with Crippen LogP contribution < -0.4 is 0 Å². The summed E-state index contributed by atoms with van der Waals surface area (Å²) in [5.41, 5.74) is 4.74. The number of hydrogen-bond donors (Lipinski definition) is 0. The fraction of sp³-hybridized carbons (Fsp3) is 0.118. The van der Waals surface area contributed by atoms with Gasteiger partial charge in [0.05, 0.1) is 5.69 Å². The summed E-state index contributed by atoms with van der Waals surface area (Å²) in [5.74, 6) is 0. The Morgan fingerprint density at radius 2 is 1.85 bits per heavy atom. The number of aryl methyl sites for hydroxylation is 1. The number of hydrogen-bond acceptors (Lipinski definition) is 2. The van der Waals surface area contributed by atoms with Crippen LogP contribution in [0.3, 0.4) is 0 Å². The van der Waals surface area contributed by atoms with Gasteiger partial charge in [-0.3, -0.25) is 0 Å². The van der Waals surface area contributed by atoms with Gasteiger partial charge in [-0.2, -0.15) is 0 Å². The smallest absolute Gasteiger partial charge is 0.124 e. The minimum atomic E-state index is 1.05. The van der Waals surface area contributed by atoms with Crippen LogP contribution in [0.1, 0.15) is 12.5 Å². The van der Waals surface area contributed by atoms with Crippen LogP contribution in [0.5, 0.6) is 0 Å². The Morgan fingerprint density at radius 3 is 2.55 bits per heavy atom. The van der Waals surface area contributed by atoms with Crippen LogP contribution in [-0.4, -0.2) is 4.98 Å². The van der Waals surface area contributed by atoms with Crippen LogP contribution in [0, 0.1) is 0 Å². The highest BCUT2D eigenvalue weighted by molar-refractivity contribution is 9.10. The SMILES string of the molecule is CCc1ccc(-c2csc(-c3cccc(Br)c3)n2)cc1. The first kappa shape index (κ1) is 13.5. The van der Waals surface area contributed by atoms with Gasteiger partial charge in [0.15, 0.2) is 0 Å². The van der Waals surface area contributed by atoms with Gasteiger partial charge in [-0.05, 0) is 24.1 Å². The lowest BCUT2D eigenvalue weighted by Gasteiger charge is -1.99. The van der Waals surface area contributed by atoms with Gasteiger partial charge in [-0.25, -0.2) is 4.98 Å². The molecule has 100 valence electrons. The number of aromatic nitrogens is 1. The van der Waals surface area contributed by atoms with Crippen molar-refractivity contribution in [3.05, 3.63) is 63.9 Å². The monoisotopic (exact) mass is 343 g/mol. The zero-order valence-electron chi connectivity index (χ0n) is 11.1. The topological polar surface area (TPSA) is 12.9 Å². The molecule has 1 heterocycles. The molecule has 0 aliphatic heterocycles. The molecule has 0 bridgehead atoms. The molecule has 0 amide bonds. The van der Waals surface area contributed by atoms with Crippen molar-refractivity contribution >= 4 is 27.3 Å². The summed E-state index contributed by atoms with van der Waals surface area (Å²) in [6.07, 6.45) is 1.07. The van der Waals surface area contributed by atoms with Crippen molar-refractivity contribution in [2.45, 2.75) is 13.3 Å². The zero-order chi connectivity index (χ0) is 13.9. The van der Waals surface area contributed by atoms with Crippen molar-refractivity contribution in [2.75, 3.05) is 0 Å². The molecule has 3 rings (SSSR count). The number of halogens is 1. The predicted molar refractivity (Wildman–Crippen MR) is 90.1 cm³/mol. The van der Waals surface area contributed by atoms with Gasteiger partial charge in [0.25, 0.3) is 0 Å². The van der Waals surface area contributed by atoms with E-state index in [-0.39, 0.29) is 0 Å². The third-order valence-corrected chi connectivity index (χ3v) is 4.62. The maximum Gasteiger partial charge on any atom is 0.124 e. The summed E-state index contributed by atoms with van der Waals surface area (Å²) >= 11 is 5.19. The first-order chi connectivity index (χ1) is 9.76. The van der Waals surface area contributed by atoms with E-state index in [1.807, 2.05) is 12.1 Å². The Kier molecular flexibility index (Phi) is 3.99. The third-order valence-electron chi connectivity index (χ3n) is 3.23. The summed E-state index contributed by atoms with van der Waals surface area (Å²) in [5, 5.41) is 3.18. The van der Waals surface area contributed by atoms with E-state index in [0.29, 0.717) is 0 Å². The molecule has 0 radical (unpaired) electrons. The molecule has 0 saturated carbocycles. The molecule has 2 aromatic carbocycles. The Hall–Kier alpha value is -1.45. The lowest BCUT2D eigenvalue weighted by atomic mass is 10.1. The summed E-state index contributed by atoms with van der Waals surface area (Å²) in [7, 11) is 0. The summed E-state index contributed by atoms with van der Waals surface area (Å²) < 4.78 is 1.08. The highest BCUT2D eigenvalue weighted by Crippen LogP contribution is 2.30. The molecule has 3 aromatic rings. The van der Waals surface area contributed by atoms with Gasteiger partial charge in [0.1, 0.15) is 5.01 Å². The average molecular weight is 344 g/mol. The van der Waals surface area contributed by atoms with E-state index in [9.17, 15) is 0 Å². The van der Waals surface area contributed by atoms with Crippen LogP contribution in [0.4, 0.5) is 0 Å². The van der Waals surface area contributed by atoms with E-state index in [0.717, 1.165) is 27.2 Å². The van der Waals surface area contributed by atoms with Crippen molar-refractivity contribution in [1.29, 1.82) is 0 Å². The molecule has 0 fully saturated rings. The van der Waals surface area contributed by atoms with Crippen LogP contribution in [0.2, 0.25) is 0 Å². The van der Waals surface area contributed by atoms with Gasteiger partial charge in [-0.1, -0.05) is 59.3 Å². The zero-order valence-corrected chi connectivity index (χ0v) is 13.5. The van der Waals surface area contributed by atoms with E-state index < -0.39 is 0 Å². The molecule has 1 aromatic heterocycles. The Labute approximate surface area is 131 Å². The fourth-order valence-electron chi connectivity index (χ4n) is 2.07. The van der Waals surface area contributed by atoms with E-state index >= 15 is 0 Å². The maximum absolute atomic E-state index is 4.75. The molecule has 0 N–H and O–H groups in total. The van der Waals surface area contributed by atoms with Crippen molar-refractivity contribution in [3.63, 3.8) is 0 Å². The number of nitrogens with zero attached hydrogens (tertiary/aromatic N) is 1. The highest BCUT2D eigenvalue weighted by Gasteiger charge is 2.07. The van der Waals surface area contributed by atoms with Gasteiger partial charge in [0, 0.05) is 21.0 Å². The minimum Gasteiger partial charge on any atom is -0.236 e. The first-order valence-electron chi connectivity index (χ1n) is 6.57. The molecule has 0 spiro atoms. The molecule has 0 saturated heterocycles. The lowest BCUT2D eigenvalue weighted by molar-refractivity contribution is 1.14. The second-order valence-electron chi connectivity index (χ2n) is 4.60. The number of thiazole rings is 1. The predicted octanol–water partition coefficient (Wildman–Crippen LogP) is 5.80. The largest absolute Gasteiger partial charge is 0.236 e. The second kappa shape index (κ2) is 5.90. The molecule has 0 aliphatic carbocycles. The lowest BCUT2D eigenvalue weighted by Crippen LogP contribution is -1.82. The van der Waals surface area contributed by atoms with Gasteiger partial charge in [-0.15, -0.1) is 11.3 Å². The summed E-state index contributed by atoms with van der Waals surface area (Å²) in [4.78, 5) is 4.75. The van der Waals surface area contributed by atoms with Crippen molar-refractivity contribution in [1.82, 2.24) is 4.98 Å². The quantitative estimate of drug-likeness (QED) is 0.585. The normalized spacial score (nSPS) is 10.7. The van der Waals surface area contributed by atoms with E-state index in [1.165, 1.54) is 11.1 Å². The van der Waals surface area contributed by atoms with Crippen LogP contribution >= 0.6 is 27.3 Å². The molecular formula is C17H14BrNS. The average Bonchev–Trinajstić information content (AvgIpc) is 2.97. The molecule has 3 heteroatoms. The van der Waals surface area contributed by atoms with Crippen molar-refractivity contribution in [2.24, 2.45) is 0 Å². The van der Waals surface area contributed by atoms with Crippen LogP contribution in [0.15, 0.2) is 58.4 Å². The molecule has 0 aliphatic rings. The van der Waals surface area contributed by atoms with Crippen molar-refractivity contribution in [3.8, 4) is 21.8 Å². The fourth-order valence-corrected chi connectivity index (χ4v) is 3.30. The highest BCUT2D eigenvalue weighted by atomic mass is 79.9. The van der Waals surface area contributed by atoms with E-state index in [1.54, 1.807) is 11.3 Å². The van der Waals surface area contributed by atoms with Crippen LogP contribution in [-0.2, 0) is 6.42 Å². The van der Waals surface area contributed by atoms with Crippen molar-refractivity contribution < 1.29 is 0 Å². The Morgan fingerprint density at radius 1 is 1.05 bits per heavy atom. The molecule has 1 nitrogen and oxygen atoms in total. The molecule has 20 heavy (non-hydrogen) atoms. The Balaban J connectivity index is 1.93. The summed E-state index contributed by atoms with van der Waals surface area (Å²) in [6, 6.07) is 16.9. The van der Waals surface area contributed by atoms with Gasteiger partial charge in [0.2, 0.25) is 0 Å². The molecule has 0 atom stereocenters. The molecular weight excluding hydrogens is 330 g/mol. The standard InChI is InChI=1S/C17H14BrNS/c1-2-12-6-8-13(9-7-12)16-11-20-17(19-16)14-4-3-5-15(18)10-14/h3-11H,2H2,1H3. The van der Waals surface area contributed by atoms with Crippen LogP contribution in [0.25, 0.3) is 21.8 Å². The van der Waals surface area contributed by atoms with E-state index in [4.69, 9.17) is 4.98 Å². The maximum atomic E-state index is 4.75. The Bertz CT molecular complexity index is 716. The van der Waals surface area contributed by atoms with E-state index in [2.05, 4.69) is 64.6 Å². The second-order valence-corrected chi connectivity index (χ2v) is 6.37. The third kappa shape index (κ3) is 2.84. The minimum absolute atomic E-state index is 1.05.